The summed E-state index contributed by atoms with van der Waals surface area (Å²) in [6.07, 6.45) is -0.873. The van der Waals surface area contributed by atoms with E-state index in [-0.39, 0.29) is 18.8 Å². The lowest BCUT2D eigenvalue weighted by molar-refractivity contribution is 0.108. The van der Waals surface area contributed by atoms with Crippen LogP contribution in [0.3, 0.4) is 0 Å². The minimum atomic E-state index is -0.873. The number of hydrogen-bond acceptors (Lipinski definition) is 3. The van der Waals surface area contributed by atoms with Gasteiger partial charge in [0.1, 0.15) is 24.3 Å². The van der Waals surface area contributed by atoms with Crippen LogP contribution in [0.15, 0.2) is 48.5 Å². The van der Waals surface area contributed by atoms with Gasteiger partial charge in [-0.15, -0.1) is 0 Å². The Labute approximate surface area is 134 Å². The van der Waals surface area contributed by atoms with Crippen LogP contribution in [0.2, 0.25) is 0 Å². The Morgan fingerprint density at radius 1 is 1.26 bits per heavy atom. The van der Waals surface area contributed by atoms with Crippen LogP contribution in [0.1, 0.15) is 5.56 Å². The van der Waals surface area contributed by atoms with E-state index in [9.17, 15) is 14.3 Å². The Bertz CT molecular complexity index is 664. The molecule has 3 N–H and O–H groups in total. The van der Waals surface area contributed by atoms with Crippen molar-refractivity contribution >= 4 is 11.7 Å². The van der Waals surface area contributed by atoms with E-state index >= 15 is 0 Å². The molecule has 0 aliphatic rings. The van der Waals surface area contributed by atoms with E-state index in [0.29, 0.717) is 5.75 Å². The Kier molecular flexibility index (Phi) is 5.94. The summed E-state index contributed by atoms with van der Waals surface area (Å²) in [5.74, 6) is 0.130. The molecule has 2 aromatic rings. The van der Waals surface area contributed by atoms with Crippen LogP contribution in [-0.2, 0) is 0 Å². The number of ether oxygens (including phenoxy) is 1. The van der Waals surface area contributed by atoms with E-state index in [1.807, 2.05) is 25.1 Å². The number of aryl methyl sites for hydroxylation is 1. The summed E-state index contributed by atoms with van der Waals surface area (Å²) in [6, 6.07) is 12.7. The molecule has 2 aromatic carbocycles. The minimum Gasteiger partial charge on any atom is -0.491 e. The molecule has 1 atom stereocenters. The summed E-state index contributed by atoms with van der Waals surface area (Å²) in [4.78, 5) is 11.6. The fourth-order valence-electron chi connectivity index (χ4n) is 1.90. The predicted molar refractivity (Wildman–Crippen MR) is 86.1 cm³/mol. The zero-order chi connectivity index (χ0) is 16.7. The number of para-hydroxylation sites is 1. The van der Waals surface area contributed by atoms with Crippen LogP contribution < -0.4 is 15.4 Å². The average molecular weight is 318 g/mol. The Morgan fingerprint density at radius 2 is 2.04 bits per heavy atom. The number of aliphatic hydroxyl groups excluding tert-OH is 1. The number of hydrogen-bond donors (Lipinski definition) is 3. The first kappa shape index (κ1) is 16.8. The number of aliphatic hydroxyl groups is 1. The van der Waals surface area contributed by atoms with Crippen LogP contribution in [-0.4, -0.2) is 30.4 Å². The lowest BCUT2D eigenvalue weighted by Crippen LogP contribution is -2.37. The predicted octanol–water partition coefficient (Wildman–Crippen LogP) is 2.70. The van der Waals surface area contributed by atoms with Gasteiger partial charge < -0.3 is 20.5 Å². The van der Waals surface area contributed by atoms with Crippen molar-refractivity contribution in [1.82, 2.24) is 5.32 Å². The monoisotopic (exact) mass is 318 g/mol. The molecular weight excluding hydrogens is 299 g/mol. The molecule has 0 aliphatic carbocycles. The molecule has 0 bridgehead atoms. The van der Waals surface area contributed by atoms with Crippen LogP contribution in [0.25, 0.3) is 0 Å². The van der Waals surface area contributed by atoms with Crippen LogP contribution in [0.4, 0.5) is 14.9 Å². The number of urea groups is 1. The van der Waals surface area contributed by atoms with Gasteiger partial charge in [-0.05, 0) is 36.8 Å². The second kappa shape index (κ2) is 8.14. The summed E-state index contributed by atoms with van der Waals surface area (Å²) in [5.41, 5.74) is 1.13. The van der Waals surface area contributed by atoms with Crippen LogP contribution in [0, 0.1) is 12.7 Å². The molecule has 1 unspecified atom stereocenters. The summed E-state index contributed by atoms with van der Waals surface area (Å²) >= 11 is 0. The Hall–Kier alpha value is -2.60. The lowest BCUT2D eigenvalue weighted by Gasteiger charge is -2.14. The van der Waals surface area contributed by atoms with Crippen LogP contribution >= 0.6 is 0 Å². The maximum atomic E-state index is 13.4. The van der Waals surface area contributed by atoms with Crippen molar-refractivity contribution in [1.29, 1.82) is 0 Å². The molecule has 0 radical (unpaired) electrons. The van der Waals surface area contributed by atoms with Gasteiger partial charge in [0.2, 0.25) is 0 Å². The number of carbonyl (C=O) groups excluding carboxylic acids is 1. The van der Waals surface area contributed by atoms with Gasteiger partial charge in [-0.1, -0.05) is 24.3 Å². The van der Waals surface area contributed by atoms with Crippen molar-refractivity contribution in [3.63, 3.8) is 0 Å². The van der Waals surface area contributed by atoms with Gasteiger partial charge in [0, 0.05) is 6.54 Å². The van der Waals surface area contributed by atoms with E-state index in [1.54, 1.807) is 12.1 Å². The van der Waals surface area contributed by atoms with Gasteiger partial charge in [-0.3, -0.25) is 0 Å². The maximum absolute atomic E-state index is 13.4. The van der Waals surface area contributed by atoms with E-state index < -0.39 is 18.0 Å². The van der Waals surface area contributed by atoms with Gasteiger partial charge in [0.05, 0.1) is 5.69 Å². The molecule has 0 saturated carbocycles. The normalized spacial score (nSPS) is 11.6. The van der Waals surface area contributed by atoms with Crippen molar-refractivity contribution in [2.75, 3.05) is 18.5 Å². The highest BCUT2D eigenvalue weighted by molar-refractivity contribution is 5.89. The van der Waals surface area contributed by atoms with Crippen molar-refractivity contribution in [3.05, 3.63) is 59.9 Å². The Balaban J connectivity index is 1.72. The summed E-state index contributed by atoms with van der Waals surface area (Å²) in [7, 11) is 0. The smallest absolute Gasteiger partial charge is 0.319 e. The third kappa shape index (κ3) is 5.60. The largest absolute Gasteiger partial charge is 0.491 e. The molecule has 0 heterocycles. The van der Waals surface area contributed by atoms with E-state index in [4.69, 9.17) is 4.74 Å². The number of carbonyl (C=O) groups is 1. The van der Waals surface area contributed by atoms with Gasteiger partial charge in [0.15, 0.2) is 0 Å². The zero-order valence-corrected chi connectivity index (χ0v) is 12.8. The third-order valence-corrected chi connectivity index (χ3v) is 3.05. The first-order valence-corrected chi connectivity index (χ1v) is 7.21. The lowest BCUT2D eigenvalue weighted by atomic mass is 10.2. The topological polar surface area (TPSA) is 70.6 Å². The van der Waals surface area contributed by atoms with Crippen molar-refractivity contribution in [2.45, 2.75) is 13.0 Å². The van der Waals surface area contributed by atoms with Crippen molar-refractivity contribution < 1.29 is 19.0 Å². The number of benzene rings is 2. The number of amides is 2. The summed E-state index contributed by atoms with van der Waals surface area (Å²) in [5, 5.41) is 14.6. The number of anilines is 1. The second-order valence-corrected chi connectivity index (χ2v) is 5.10. The standard InChI is InChI=1S/C17H19FN2O3/c1-12-5-4-6-14(9-12)23-11-13(21)10-19-17(22)20-16-8-3-2-7-15(16)18/h2-9,13,21H,10-11H2,1H3,(H2,19,20,22). The molecule has 0 aromatic heterocycles. The van der Waals surface area contributed by atoms with E-state index in [0.717, 1.165) is 5.56 Å². The SMILES string of the molecule is Cc1cccc(OCC(O)CNC(=O)Nc2ccccc2F)c1. The molecule has 2 rings (SSSR count). The quantitative estimate of drug-likeness (QED) is 0.767. The minimum absolute atomic E-state index is 0.00784. The van der Waals surface area contributed by atoms with Gasteiger partial charge in [-0.2, -0.15) is 0 Å². The molecule has 2 amide bonds. The highest BCUT2D eigenvalue weighted by Gasteiger charge is 2.09. The Morgan fingerprint density at radius 3 is 2.78 bits per heavy atom. The van der Waals surface area contributed by atoms with E-state index in [2.05, 4.69) is 10.6 Å². The molecule has 23 heavy (non-hydrogen) atoms. The highest BCUT2D eigenvalue weighted by atomic mass is 19.1. The first-order chi connectivity index (χ1) is 11.0. The number of nitrogens with one attached hydrogen (secondary N) is 2. The van der Waals surface area contributed by atoms with Gasteiger partial charge in [-0.25, -0.2) is 9.18 Å². The first-order valence-electron chi connectivity index (χ1n) is 7.21. The molecule has 0 aliphatic heterocycles. The molecule has 0 fully saturated rings. The number of halogens is 1. The van der Waals surface area contributed by atoms with Gasteiger partial charge in [0.25, 0.3) is 0 Å². The second-order valence-electron chi connectivity index (χ2n) is 5.10. The van der Waals surface area contributed by atoms with E-state index in [1.165, 1.54) is 18.2 Å². The molecule has 0 spiro atoms. The fourth-order valence-corrected chi connectivity index (χ4v) is 1.90. The zero-order valence-electron chi connectivity index (χ0n) is 12.8. The number of rotatable bonds is 6. The average Bonchev–Trinajstić information content (AvgIpc) is 2.53. The highest BCUT2D eigenvalue weighted by Crippen LogP contribution is 2.13. The van der Waals surface area contributed by atoms with Crippen molar-refractivity contribution in [2.24, 2.45) is 0 Å². The van der Waals surface area contributed by atoms with Crippen LogP contribution in [0.5, 0.6) is 5.75 Å². The molecular formula is C17H19FN2O3. The third-order valence-electron chi connectivity index (χ3n) is 3.05. The van der Waals surface area contributed by atoms with Gasteiger partial charge >= 0.3 is 6.03 Å². The van der Waals surface area contributed by atoms with Crippen molar-refractivity contribution in [3.8, 4) is 5.75 Å². The summed E-state index contributed by atoms with van der Waals surface area (Å²) < 4.78 is 18.8. The molecule has 5 nitrogen and oxygen atoms in total. The molecule has 0 saturated heterocycles. The molecule has 6 heteroatoms. The summed E-state index contributed by atoms with van der Waals surface area (Å²) in [6.45, 7) is 1.98. The fraction of sp³-hybridized carbons (Fsp3) is 0.235. The molecule has 122 valence electrons. The maximum Gasteiger partial charge on any atom is 0.319 e.